The zero-order valence-electron chi connectivity index (χ0n) is 19.6. The number of Topliss-reactive ketones (excluding diaryl/α,β-unsaturated/α-hetero) is 1. The van der Waals surface area contributed by atoms with Crippen LogP contribution in [-0.4, -0.2) is 34.9 Å². The van der Waals surface area contributed by atoms with E-state index in [1.54, 1.807) is 36.4 Å². The molecule has 2 aliphatic rings. The third kappa shape index (κ3) is 4.28. The molecule has 1 unspecified atom stereocenters. The van der Waals surface area contributed by atoms with Crippen molar-refractivity contribution in [1.29, 1.82) is 0 Å². The van der Waals surface area contributed by atoms with E-state index < -0.39 is 27.2 Å². The Morgan fingerprint density at radius 1 is 1.25 bits per heavy atom. The first-order chi connectivity index (χ1) is 17.2. The summed E-state index contributed by atoms with van der Waals surface area (Å²) >= 11 is 1.34. The molecule has 11 heteroatoms. The van der Waals surface area contributed by atoms with Gasteiger partial charge in [0.15, 0.2) is 11.6 Å². The highest BCUT2D eigenvalue weighted by Gasteiger charge is 2.32. The molecule has 1 aromatic carbocycles. The number of fused-ring (bicyclic) bond motifs is 1. The molecule has 3 heterocycles. The maximum Gasteiger partial charge on any atom is 0.286 e. The van der Waals surface area contributed by atoms with E-state index in [4.69, 9.17) is 0 Å². The predicted octanol–water partition coefficient (Wildman–Crippen LogP) is 3.90. The van der Waals surface area contributed by atoms with Crippen molar-refractivity contribution in [2.45, 2.75) is 44.0 Å². The van der Waals surface area contributed by atoms with E-state index in [1.165, 1.54) is 22.1 Å². The second-order valence-electron chi connectivity index (χ2n) is 9.13. The van der Waals surface area contributed by atoms with Crippen molar-refractivity contribution in [2.24, 2.45) is 10.3 Å². The van der Waals surface area contributed by atoms with E-state index in [1.807, 2.05) is 19.2 Å². The molecule has 2 aromatic heterocycles. The average molecular weight is 525 g/mol. The third-order valence-electron chi connectivity index (χ3n) is 6.14. The maximum atomic E-state index is 13.4. The minimum absolute atomic E-state index is 0.00919. The number of carbonyl (C=O) groups is 1. The number of allylic oxidation sites excluding steroid dienone is 2. The Hall–Kier alpha value is -3.57. The van der Waals surface area contributed by atoms with Crippen molar-refractivity contribution in [3.63, 3.8) is 0 Å². The van der Waals surface area contributed by atoms with E-state index in [-0.39, 0.29) is 33.5 Å². The number of hydrogen-bond donors (Lipinski definition) is 2. The van der Waals surface area contributed by atoms with Gasteiger partial charge in [-0.15, -0.1) is 15.7 Å². The second kappa shape index (κ2) is 9.14. The number of benzene rings is 1. The van der Waals surface area contributed by atoms with E-state index in [9.17, 15) is 23.1 Å². The Balaban J connectivity index is 1.63. The Kier molecular flexibility index (Phi) is 6.13. The molecule has 1 atom stereocenters. The van der Waals surface area contributed by atoms with Crippen molar-refractivity contribution in [3.8, 4) is 16.3 Å². The number of sulfonamides is 1. The van der Waals surface area contributed by atoms with Crippen molar-refractivity contribution in [3.05, 3.63) is 69.3 Å². The molecule has 0 saturated heterocycles. The molecule has 1 aliphatic carbocycles. The van der Waals surface area contributed by atoms with Crippen LogP contribution in [0, 0.1) is 5.92 Å². The van der Waals surface area contributed by atoms with Crippen molar-refractivity contribution < 1.29 is 18.3 Å². The summed E-state index contributed by atoms with van der Waals surface area (Å²) in [6, 6.07) is 8.21. The fraction of sp³-hybridized carbons (Fsp3) is 0.280. The summed E-state index contributed by atoms with van der Waals surface area (Å²) in [4.78, 5) is 26.1. The number of hydrogen-bond acceptors (Lipinski definition) is 8. The minimum atomic E-state index is -4.23. The number of ketones is 1. The van der Waals surface area contributed by atoms with Crippen LogP contribution in [0.25, 0.3) is 10.6 Å². The van der Waals surface area contributed by atoms with Crippen LogP contribution in [0.3, 0.4) is 0 Å². The fourth-order valence-corrected chi connectivity index (χ4v) is 6.08. The van der Waals surface area contributed by atoms with Crippen LogP contribution < -0.4 is 10.9 Å². The highest BCUT2D eigenvalue weighted by atomic mass is 32.2. The normalized spacial score (nSPS) is 18.2. The molecule has 0 spiro atoms. The molecule has 0 fully saturated rings. The summed E-state index contributed by atoms with van der Waals surface area (Å²) in [6.45, 7) is 4.34. The smallest absolute Gasteiger partial charge is 0.286 e. The summed E-state index contributed by atoms with van der Waals surface area (Å²) in [5.41, 5.74) is 0.0402. The molecular formula is C25H24N4O5S2. The number of anilines is 1. The first kappa shape index (κ1) is 24.1. The van der Waals surface area contributed by atoms with Gasteiger partial charge in [-0.05, 0) is 41.5 Å². The van der Waals surface area contributed by atoms with Crippen LogP contribution in [0.15, 0.2) is 62.0 Å². The summed E-state index contributed by atoms with van der Waals surface area (Å²) < 4.78 is 31.5. The third-order valence-corrected chi connectivity index (χ3v) is 8.33. The van der Waals surface area contributed by atoms with Crippen LogP contribution in [0.4, 0.5) is 5.69 Å². The van der Waals surface area contributed by atoms with E-state index in [0.29, 0.717) is 35.7 Å². The molecule has 186 valence electrons. The molecule has 0 saturated carbocycles. The van der Waals surface area contributed by atoms with Gasteiger partial charge < -0.3 is 10.4 Å². The minimum Gasteiger partial charge on any atom is -0.505 e. The second-order valence-corrected chi connectivity index (χ2v) is 11.7. The van der Waals surface area contributed by atoms with Gasteiger partial charge in [-0.1, -0.05) is 38.1 Å². The highest BCUT2D eigenvalue weighted by molar-refractivity contribution is 7.90. The van der Waals surface area contributed by atoms with E-state index in [0.717, 1.165) is 0 Å². The number of nitrogens with zero attached hydrogens (tertiary/aromatic N) is 3. The van der Waals surface area contributed by atoms with Crippen LogP contribution in [0.2, 0.25) is 0 Å². The average Bonchev–Trinajstić information content (AvgIpc) is 3.50. The molecule has 0 bridgehead atoms. The van der Waals surface area contributed by atoms with Crippen molar-refractivity contribution >= 4 is 38.7 Å². The van der Waals surface area contributed by atoms with Gasteiger partial charge in [0, 0.05) is 13.0 Å². The standard InChI is InChI=1S/C25H24N4O5S2/c1-14(2)10-11-29-25(32)21(23(31)22(27-29)19-7-4-12-35-19)24-26-17-9-8-15(16-5-3-6-18(16)30)13-20(17)36(33,34)28-24/h3-5,7-9,12-14,16,31H,6,10-11H2,1-2H3,(H,26,28). The molecule has 9 nitrogen and oxygen atoms in total. The van der Waals surface area contributed by atoms with Gasteiger partial charge in [0.05, 0.1) is 16.5 Å². The quantitative estimate of drug-likeness (QED) is 0.468. The summed E-state index contributed by atoms with van der Waals surface area (Å²) in [5, 5.41) is 20.2. The monoisotopic (exact) mass is 524 g/mol. The topological polar surface area (TPSA) is 131 Å². The predicted molar refractivity (Wildman–Crippen MR) is 138 cm³/mol. The van der Waals surface area contributed by atoms with Gasteiger partial charge in [0.25, 0.3) is 15.6 Å². The number of thiophene rings is 1. The fourth-order valence-electron chi connectivity index (χ4n) is 4.22. The number of carbonyl (C=O) groups excluding carboxylic acids is 1. The van der Waals surface area contributed by atoms with Gasteiger partial charge in [-0.3, -0.25) is 9.59 Å². The van der Waals surface area contributed by atoms with Crippen LogP contribution in [-0.2, 0) is 21.4 Å². The first-order valence-corrected chi connectivity index (χ1v) is 13.8. The van der Waals surface area contributed by atoms with Crippen LogP contribution >= 0.6 is 11.3 Å². The molecule has 36 heavy (non-hydrogen) atoms. The van der Waals surface area contributed by atoms with Crippen LogP contribution in [0.5, 0.6) is 5.75 Å². The number of aromatic nitrogens is 2. The Labute approximate surface area is 211 Å². The number of aryl methyl sites for hydroxylation is 1. The Morgan fingerprint density at radius 3 is 2.72 bits per heavy atom. The van der Waals surface area contributed by atoms with Crippen LogP contribution in [0.1, 0.15) is 43.7 Å². The molecule has 0 radical (unpaired) electrons. The Bertz CT molecular complexity index is 1590. The zero-order chi connectivity index (χ0) is 25.6. The van der Waals surface area contributed by atoms with Gasteiger partial charge in [0.2, 0.25) is 0 Å². The lowest BCUT2D eigenvalue weighted by Crippen LogP contribution is -2.34. The summed E-state index contributed by atoms with van der Waals surface area (Å²) in [7, 11) is -4.23. The SMILES string of the molecule is CC(C)CCn1nc(-c2cccs2)c(O)c(C2=NS(=O)(=O)c3cc(C4C=CCC4=O)ccc3N2)c1=O. The number of rotatable bonds is 6. The highest BCUT2D eigenvalue weighted by Crippen LogP contribution is 2.36. The summed E-state index contributed by atoms with van der Waals surface area (Å²) in [6.07, 6.45) is 4.49. The molecule has 2 N–H and O–H groups in total. The molecule has 1 aliphatic heterocycles. The van der Waals surface area contributed by atoms with Gasteiger partial charge in [-0.25, -0.2) is 4.68 Å². The van der Waals surface area contributed by atoms with E-state index in [2.05, 4.69) is 14.8 Å². The number of aromatic hydroxyl groups is 1. The van der Waals surface area contributed by atoms with Crippen molar-refractivity contribution in [1.82, 2.24) is 9.78 Å². The lowest BCUT2D eigenvalue weighted by Gasteiger charge is -2.21. The van der Waals surface area contributed by atoms with E-state index >= 15 is 0 Å². The first-order valence-electron chi connectivity index (χ1n) is 11.5. The van der Waals surface area contributed by atoms with Gasteiger partial charge >= 0.3 is 0 Å². The molecule has 5 rings (SSSR count). The summed E-state index contributed by atoms with van der Waals surface area (Å²) in [5.74, 6) is -0.916. The molecular weight excluding hydrogens is 500 g/mol. The number of amidine groups is 1. The largest absolute Gasteiger partial charge is 0.505 e. The lowest BCUT2D eigenvalue weighted by molar-refractivity contribution is -0.118. The van der Waals surface area contributed by atoms with Gasteiger partial charge in [0.1, 0.15) is 21.9 Å². The number of nitrogens with one attached hydrogen (secondary N) is 1. The Morgan fingerprint density at radius 2 is 2.06 bits per heavy atom. The van der Waals surface area contributed by atoms with Gasteiger partial charge in [-0.2, -0.15) is 13.5 Å². The lowest BCUT2D eigenvalue weighted by atomic mass is 9.97. The molecule has 3 aromatic rings. The molecule has 0 amide bonds. The van der Waals surface area contributed by atoms with Crippen molar-refractivity contribution in [2.75, 3.05) is 5.32 Å². The zero-order valence-corrected chi connectivity index (χ0v) is 21.3. The maximum absolute atomic E-state index is 13.4.